The lowest BCUT2D eigenvalue weighted by Gasteiger charge is -2.30. The van der Waals surface area contributed by atoms with E-state index in [2.05, 4.69) is 16.4 Å². The molecule has 0 aromatic heterocycles. The Bertz CT molecular complexity index is 1780. The van der Waals surface area contributed by atoms with E-state index in [1.807, 2.05) is 80.6 Å². The van der Waals surface area contributed by atoms with Crippen molar-refractivity contribution in [3.63, 3.8) is 0 Å². The molecule has 4 aliphatic rings. The predicted molar refractivity (Wildman–Crippen MR) is 173 cm³/mol. The van der Waals surface area contributed by atoms with E-state index in [4.69, 9.17) is 28.3 Å². The SMILES string of the molecule is Cc1cccc(C)c1N1C(=O)C2N=NN(CC(=O)N3N=C4/C(=C/c5ccc(Cl)cc5)CCCC4C3c3ccc(Cl)cc3)C2C1=O. The van der Waals surface area contributed by atoms with Crippen molar-refractivity contribution in [2.24, 2.45) is 21.4 Å². The summed E-state index contributed by atoms with van der Waals surface area (Å²) in [6.45, 7) is 3.46. The first-order valence-electron chi connectivity index (χ1n) is 15.0. The van der Waals surface area contributed by atoms with Crippen molar-refractivity contribution in [1.29, 1.82) is 0 Å². The molecule has 7 rings (SSSR count). The number of halogens is 2. The Balaban J connectivity index is 1.19. The highest BCUT2D eigenvalue weighted by molar-refractivity contribution is 6.31. The molecule has 0 spiro atoms. The number of para-hydroxylation sites is 1. The molecule has 45 heavy (non-hydrogen) atoms. The number of hydrazone groups is 1. The molecule has 3 amide bonds. The number of fused-ring (bicyclic) bond motifs is 2. The fourth-order valence-electron chi connectivity index (χ4n) is 6.90. The quantitative estimate of drug-likeness (QED) is 0.289. The van der Waals surface area contributed by atoms with Gasteiger partial charge in [0.25, 0.3) is 17.7 Å². The lowest BCUT2D eigenvalue weighted by atomic mass is 9.77. The Morgan fingerprint density at radius 1 is 0.911 bits per heavy atom. The maximum Gasteiger partial charge on any atom is 0.264 e. The van der Waals surface area contributed by atoms with Crippen LogP contribution in [0, 0.1) is 19.8 Å². The van der Waals surface area contributed by atoms with Gasteiger partial charge in [-0.05, 0) is 91.3 Å². The first-order chi connectivity index (χ1) is 21.7. The van der Waals surface area contributed by atoms with E-state index in [0.29, 0.717) is 15.7 Å². The Kier molecular flexibility index (Phi) is 7.54. The van der Waals surface area contributed by atoms with E-state index >= 15 is 0 Å². The molecule has 1 saturated heterocycles. The second kappa shape index (κ2) is 11.5. The van der Waals surface area contributed by atoms with Crippen molar-refractivity contribution in [1.82, 2.24) is 10.0 Å². The van der Waals surface area contributed by atoms with Crippen LogP contribution in [-0.4, -0.2) is 52.1 Å². The molecule has 1 aliphatic carbocycles. The van der Waals surface area contributed by atoms with E-state index in [1.165, 1.54) is 14.9 Å². The molecule has 0 radical (unpaired) electrons. The zero-order chi connectivity index (χ0) is 31.4. The molecule has 2 fully saturated rings. The van der Waals surface area contributed by atoms with Crippen molar-refractivity contribution < 1.29 is 14.4 Å². The van der Waals surface area contributed by atoms with Gasteiger partial charge in [-0.15, -0.1) is 0 Å². The van der Waals surface area contributed by atoms with Crippen LogP contribution in [0.4, 0.5) is 5.69 Å². The van der Waals surface area contributed by atoms with Gasteiger partial charge in [0.15, 0.2) is 12.1 Å². The van der Waals surface area contributed by atoms with Crippen molar-refractivity contribution in [2.45, 2.75) is 51.2 Å². The summed E-state index contributed by atoms with van der Waals surface area (Å²) in [4.78, 5) is 42.5. The molecular weight excluding hydrogens is 611 g/mol. The Morgan fingerprint density at radius 2 is 1.58 bits per heavy atom. The van der Waals surface area contributed by atoms with Crippen LogP contribution in [0.15, 0.2) is 87.7 Å². The molecule has 228 valence electrons. The van der Waals surface area contributed by atoms with E-state index < -0.39 is 23.9 Å². The first kappa shape index (κ1) is 29.4. The molecule has 3 aromatic rings. The number of allylic oxidation sites excluding steroid dienone is 1. The van der Waals surface area contributed by atoms with Gasteiger partial charge in [-0.3, -0.25) is 19.4 Å². The van der Waals surface area contributed by atoms with E-state index in [0.717, 1.165) is 52.8 Å². The summed E-state index contributed by atoms with van der Waals surface area (Å²) in [5, 5.41) is 17.4. The molecule has 0 N–H and O–H groups in total. The van der Waals surface area contributed by atoms with Gasteiger partial charge in [0.1, 0.15) is 6.54 Å². The Morgan fingerprint density at radius 3 is 2.27 bits per heavy atom. The smallest absolute Gasteiger partial charge is 0.264 e. The van der Waals surface area contributed by atoms with Gasteiger partial charge in [-0.1, -0.05) is 70.9 Å². The third-order valence-electron chi connectivity index (χ3n) is 9.00. The molecule has 3 aliphatic heterocycles. The molecule has 0 bridgehead atoms. The number of imide groups is 1. The number of anilines is 1. The topological polar surface area (TPSA) is 98.0 Å². The number of carbonyl (C=O) groups excluding carboxylic acids is 3. The van der Waals surface area contributed by atoms with Crippen LogP contribution in [0.5, 0.6) is 0 Å². The number of hydrogen-bond acceptors (Lipinski definition) is 7. The number of nitrogens with zero attached hydrogens (tertiary/aromatic N) is 6. The maximum atomic E-state index is 14.1. The minimum Gasteiger partial charge on any atom is -0.271 e. The van der Waals surface area contributed by atoms with Crippen LogP contribution in [0.3, 0.4) is 0 Å². The van der Waals surface area contributed by atoms with Crippen molar-refractivity contribution in [3.8, 4) is 0 Å². The summed E-state index contributed by atoms with van der Waals surface area (Å²) in [5.41, 5.74) is 6.04. The Labute approximate surface area is 270 Å². The minimum absolute atomic E-state index is 0.0235. The van der Waals surface area contributed by atoms with Crippen LogP contribution in [0.25, 0.3) is 6.08 Å². The summed E-state index contributed by atoms with van der Waals surface area (Å²) >= 11 is 12.3. The van der Waals surface area contributed by atoms with Crippen LogP contribution in [-0.2, 0) is 14.4 Å². The average Bonchev–Trinajstić information content (AvgIpc) is 3.69. The predicted octanol–water partition coefficient (Wildman–Crippen LogP) is 6.73. The molecule has 1 saturated carbocycles. The minimum atomic E-state index is -1.00. The second-order valence-electron chi connectivity index (χ2n) is 11.9. The molecule has 11 heteroatoms. The number of hydrogen-bond donors (Lipinski definition) is 0. The molecule has 3 aromatic carbocycles. The van der Waals surface area contributed by atoms with Crippen LogP contribution < -0.4 is 4.90 Å². The van der Waals surface area contributed by atoms with Crippen LogP contribution >= 0.6 is 23.2 Å². The monoisotopic (exact) mass is 640 g/mol. The normalized spacial score (nSPS) is 24.8. The highest BCUT2D eigenvalue weighted by Crippen LogP contribution is 2.45. The Hall–Kier alpha value is -4.34. The highest BCUT2D eigenvalue weighted by atomic mass is 35.5. The van der Waals surface area contributed by atoms with E-state index in [1.54, 1.807) is 0 Å². The summed E-state index contributed by atoms with van der Waals surface area (Å²) in [5.74, 6) is -1.24. The largest absolute Gasteiger partial charge is 0.271 e. The van der Waals surface area contributed by atoms with Gasteiger partial charge < -0.3 is 0 Å². The lowest BCUT2D eigenvalue weighted by molar-refractivity contribution is -0.136. The van der Waals surface area contributed by atoms with Crippen molar-refractivity contribution in [2.75, 3.05) is 11.4 Å². The van der Waals surface area contributed by atoms with Gasteiger partial charge in [-0.25, -0.2) is 9.91 Å². The first-order valence-corrected chi connectivity index (χ1v) is 15.7. The molecule has 3 heterocycles. The van der Waals surface area contributed by atoms with Gasteiger partial charge in [-0.2, -0.15) is 10.2 Å². The molecule has 4 unspecified atom stereocenters. The standard InChI is InChI=1S/C34H30Cl2N6O3/c1-19-5-3-6-20(2)30(19)41-33(44)29-32(34(41)45)40(39-37-29)18-27(43)42-31(22-11-15-25(36)16-12-22)26-8-4-7-23(28(26)38-42)17-21-9-13-24(35)14-10-21/h3,5-6,9-17,26,29,31-32H,4,7-8,18H2,1-2H3/b23-17+. The molecular formula is C34H30Cl2N6O3. The highest BCUT2D eigenvalue weighted by Gasteiger charge is 2.56. The molecule has 9 nitrogen and oxygen atoms in total. The number of rotatable bonds is 5. The molecule has 4 atom stereocenters. The summed E-state index contributed by atoms with van der Waals surface area (Å²) < 4.78 is 0. The van der Waals surface area contributed by atoms with Gasteiger partial charge in [0.2, 0.25) is 0 Å². The third-order valence-corrected chi connectivity index (χ3v) is 9.50. The zero-order valence-electron chi connectivity index (χ0n) is 24.7. The number of benzene rings is 3. The number of aryl methyl sites for hydroxylation is 2. The van der Waals surface area contributed by atoms with E-state index in [9.17, 15) is 14.4 Å². The summed E-state index contributed by atoms with van der Waals surface area (Å²) in [6.07, 6.45) is 4.75. The zero-order valence-corrected chi connectivity index (χ0v) is 26.2. The average molecular weight is 642 g/mol. The number of carbonyl (C=O) groups is 3. The summed E-state index contributed by atoms with van der Waals surface area (Å²) in [6, 6.07) is 18.4. The van der Waals surface area contributed by atoms with Crippen molar-refractivity contribution in [3.05, 3.63) is 105 Å². The second-order valence-corrected chi connectivity index (χ2v) is 12.8. The number of amides is 3. The van der Waals surface area contributed by atoms with E-state index in [-0.39, 0.29) is 24.4 Å². The fraction of sp³-hybridized carbons (Fsp3) is 0.294. The van der Waals surface area contributed by atoms with Crippen LogP contribution in [0.1, 0.15) is 47.6 Å². The lowest BCUT2D eigenvalue weighted by Crippen LogP contribution is -2.45. The maximum absolute atomic E-state index is 14.1. The van der Waals surface area contributed by atoms with Crippen LogP contribution in [0.2, 0.25) is 10.0 Å². The fourth-order valence-corrected chi connectivity index (χ4v) is 7.16. The van der Waals surface area contributed by atoms with Crippen molar-refractivity contribution >= 4 is 58.4 Å². The van der Waals surface area contributed by atoms with Gasteiger partial charge in [0.05, 0.1) is 17.4 Å². The van der Waals surface area contributed by atoms with Gasteiger partial charge in [0, 0.05) is 16.0 Å². The van der Waals surface area contributed by atoms with Gasteiger partial charge >= 0.3 is 0 Å². The third kappa shape index (κ3) is 5.14. The summed E-state index contributed by atoms with van der Waals surface area (Å²) in [7, 11) is 0.